The van der Waals surface area contributed by atoms with Gasteiger partial charge >= 0.3 is 30.8 Å². The van der Waals surface area contributed by atoms with E-state index in [1.807, 2.05) is 0 Å². The monoisotopic (exact) mass is 254 g/mol. The molecule has 7 nitrogen and oxygen atoms in total. The zero-order valence-corrected chi connectivity index (χ0v) is 8.43. The summed E-state index contributed by atoms with van der Waals surface area (Å²) in [7, 11) is -4.78. The summed E-state index contributed by atoms with van der Waals surface area (Å²) in [5, 5.41) is 17.2. The Morgan fingerprint density at radius 1 is 1.06 bits per heavy atom. The maximum absolute atomic E-state index is 10.8. The van der Waals surface area contributed by atoms with E-state index < -0.39 is 38.1 Å². The van der Waals surface area contributed by atoms with Gasteiger partial charge in [-0.25, -0.2) is 9.59 Å². The van der Waals surface area contributed by atoms with Gasteiger partial charge in [-0.15, -0.1) is 0 Å². The van der Waals surface area contributed by atoms with Gasteiger partial charge in [-0.3, -0.25) is 4.55 Å². The van der Waals surface area contributed by atoms with Crippen LogP contribution in [-0.2, 0) is 10.1 Å². The Balaban J connectivity index is 0.00000256. The van der Waals surface area contributed by atoms with Gasteiger partial charge in [-0.05, 0) is 18.2 Å². The van der Waals surface area contributed by atoms with Crippen LogP contribution in [0.2, 0.25) is 0 Å². The van der Waals surface area contributed by atoms with E-state index in [9.17, 15) is 18.0 Å². The average molecular weight is 254 g/mol. The van der Waals surface area contributed by atoms with Crippen LogP contribution in [0.1, 0.15) is 20.7 Å². The van der Waals surface area contributed by atoms with Crippen molar-refractivity contribution in [2.75, 3.05) is 0 Å². The van der Waals surface area contributed by atoms with Crippen LogP contribution >= 0.6 is 0 Å². The first-order valence-corrected chi connectivity index (χ1v) is 5.25. The summed E-state index contributed by atoms with van der Waals surface area (Å²) in [5.41, 5.74) is -1.12. The Bertz CT molecular complexity index is 563. The van der Waals surface area contributed by atoms with Gasteiger partial charge in [0.05, 0.1) is 11.1 Å². The van der Waals surface area contributed by atoms with E-state index in [0.29, 0.717) is 6.07 Å². The van der Waals surface area contributed by atoms with Crippen molar-refractivity contribution in [3.63, 3.8) is 0 Å². The normalized spacial score (nSPS) is 10.4. The number of rotatable bonds is 3. The topological polar surface area (TPSA) is 129 Å². The van der Waals surface area contributed by atoms with Crippen LogP contribution < -0.4 is 0 Å². The van der Waals surface area contributed by atoms with Crippen LogP contribution in [0.4, 0.5) is 0 Å². The Labute approximate surface area is 108 Å². The molecule has 0 saturated carbocycles. The van der Waals surface area contributed by atoms with Gasteiger partial charge in [-0.2, -0.15) is 8.42 Å². The van der Waals surface area contributed by atoms with Crippen LogP contribution in [0.3, 0.4) is 0 Å². The molecular weight excluding hydrogens is 247 g/mol. The van der Waals surface area contributed by atoms with Crippen molar-refractivity contribution in [3.05, 3.63) is 29.3 Å². The van der Waals surface area contributed by atoms with Gasteiger partial charge in [0.25, 0.3) is 10.1 Å². The molecule has 0 atom stereocenters. The molecule has 0 radical (unpaired) electrons. The second-order valence-corrected chi connectivity index (χ2v) is 4.19. The van der Waals surface area contributed by atoms with E-state index in [-0.39, 0.29) is 18.9 Å². The van der Waals surface area contributed by atoms with Crippen LogP contribution in [-0.4, -0.2) is 54.0 Å². The molecule has 0 heterocycles. The van der Waals surface area contributed by atoms with E-state index in [4.69, 9.17) is 14.8 Å². The quantitative estimate of drug-likeness (QED) is 0.498. The minimum atomic E-state index is -4.78. The molecule has 0 aliphatic heterocycles. The zero-order valence-electron chi connectivity index (χ0n) is 7.61. The second-order valence-electron chi connectivity index (χ2n) is 2.80. The molecule has 0 unspecified atom stereocenters. The Morgan fingerprint density at radius 3 is 1.94 bits per heavy atom. The van der Waals surface area contributed by atoms with Crippen molar-refractivity contribution in [1.82, 2.24) is 0 Å². The predicted octanol–water partition coefficient (Wildman–Crippen LogP) is -0.319. The molecule has 1 aromatic rings. The first-order valence-electron chi connectivity index (χ1n) is 3.81. The molecule has 0 spiro atoms. The van der Waals surface area contributed by atoms with Gasteiger partial charge in [0, 0.05) is 0 Å². The van der Waals surface area contributed by atoms with E-state index in [1.165, 1.54) is 0 Å². The first kappa shape index (κ1) is 15.7. The summed E-state index contributed by atoms with van der Waals surface area (Å²) in [4.78, 5) is 20.2. The number of carbonyl (C=O) groups is 2. The molecule has 1 aromatic carbocycles. The van der Waals surface area contributed by atoms with E-state index in [0.717, 1.165) is 12.1 Å². The number of carboxylic acid groups (broad SMARTS) is 2. The maximum atomic E-state index is 10.8. The molecule has 0 saturated heterocycles. The number of carboxylic acids is 2. The summed E-state index contributed by atoms with van der Waals surface area (Å²) < 4.78 is 30.4. The molecule has 0 fully saturated rings. The second kappa shape index (κ2) is 5.33. The Hall–Kier alpha value is -1.33. The average Bonchev–Trinajstić information content (AvgIpc) is 2.15. The van der Waals surface area contributed by atoms with Crippen molar-refractivity contribution in [1.29, 1.82) is 0 Å². The van der Waals surface area contributed by atoms with Crippen molar-refractivity contribution >= 4 is 40.9 Å². The van der Waals surface area contributed by atoms with Gasteiger partial charge in [0.1, 0.15) is 4.90 Å². The molecule has 88 valence electrons. The molecule has 0 aliphatic carbocycles. The summed E-state index contributed by atoms with van der Waals surface area (Å²) in [6.07, 6.45) is 0. The SMILES string of the molecule is O=C(O)c1ccc(C(=O)O)c(S(=O)(=O)O)c1.[LiH]. The van der Waals surface area contributed by atoms with Gasteiger partial charge in [0.15, 0.2) is 0 Å². The van der Waals surface area contributed by atoms with E-state index >= 15 is 0 Å². The standard InChI is InChI=1S/C8H6O7S.Li.H/c9-7(10)4-1-2-5(8(11)12)6(3-4)16(13,14)15;;/h1-3H,(H,9,10)(H,11,12)(H,13,14,15);;. The molecule has 17 heavy (non-hydrogen) atoms. The molecule has 0 aromatic heterocycles. The number of aromatic carboxylic acids is 2. The van der Waals surface area contributed by atoms with Crippen LogP contribution in [0.5, 0.6) is 0 Å². The molecule has 0 amide bonds. The zero-order chi connectivity index (χ0) is 12.5. The van der Waals surface area contributed by atoms with Gasteiger partial charge in [-0.1, -0.05) is 0 Å². The summed E-state index contributed by atoms with van der Waals surface area (Å²) >= 11 is 0. The third kappa shape index (κ3) is 3.57. The molecule has 9 heteroatoms. The number of hydrogen-bond donors (Lipinski definition) is 3. The van der Waals surface area contributed by atoms with Crippen molar-refractivity contribution in [2.24, 2.45) is 0 Å². The van der Waals surface area contributed by atoms with Crippen molar-refractivity contribution in [2.45, 2.75) is 4.90 Å². The van der Waals surface area contributed by atoms with Crippen LogP contribution in [0, 0.1) is 0 Å². The fourth-order valence-electron chi connectivity index (χ4n) is 1.05. The Kier molecular flexibility index (Phi) is 4.91. The van der Waals surface area contributed by atoms with E-state index in [2.05, 4.69) is 0 Å². The number of benzene rings is 1. The molecule has 1 rings (SSSR count). The number of hydrogen-bond acceptors (Lipinski definition) is 4. The fraction of sp³-hybridized carbons (Fsp3) is 0. The van der Waals surface area contributed by atoms with Crippen LogP contribution in [0.15, 0.2) is 23.1 Å². The van der Waals surface area contributed by atoms with Crippen molar-refractivity contribution in [3.8, 4) is 0 Å². The Morgan fingerprint density at radius 2 is 1.59 bits per heavy atom. The molecule has 3 N–H and O–H groups in total. The van der Waals surface area contributed by atoms with Crippen molar-refractivity contribution < 1.29 is 32.8 Å². The van der Waals surface area contributed by atoms with Crippen LogP contribution in [0.25, 0.3) is 0 Å². The molecule has 0 bridgehead atoms. The third-order valence-corrected chi connectivity index (χ3v) is 2.63. The molecule has 0 aliphatic rings. The first-order chi connectivity index (χ1) is 7.23. The van der Waals surface area contributed by atoms with Gasteiger partial charge < -0.3 is 10.2 Å². The summed E-state index contributed by atoms with van der Waals surface area (Å²) in [5.74, 6) is -3.01. The summed E-state index contributed by atoms with van der Waals surface area (Å²) in [6.45, 7) is 0. The van der Waals surface area contributed by atoms with Gasteiger partial charge in [0.2, 0.25) is 0 Å². The fourth-order valence-corrected chi connectivity index (χ4v) is 1.75. The van der Waals surface area contributed by atoms with E-state index in [1.54, 1.807) is 0 Å². The molecular formula is C8H7LiO7S. The summed E-state index contributed by atoms with van der Waals surface area (Å²) in [6, 6.07) is 2.32. The third-order valence-electron chi connectivity index (χ3n) is 1.74. The predicted molar refractivity (Wildman–Crippen MR) is 57.3 cm³/mol. The minimum absolute atomic E-state index is 0.